The van der Waals surface area contributed by atoms with Crippen LogP contribution in [0.4, 0.5) is 0 Å². The number of rotatable bonds is 2. The third-order valence-corrected chi connectivity index (χ3v) is 5.23. The van der Waals surface area contributed by atoms with Crippen LogP contribution in [0.25, 0.3) is 0 Å². The maximum Gasteiger partial charge on any atom is 0.237 e. The summed E-state index contributed by atoms with van der Waals surface area (Å²) in [6.07, 6.45) is 3.45. The molecule has 2 saturated heterocycles. The van der Waals surface area contributed by atoms with Crippen LogP contribution in [0, 0.1) is 5.92 Å². The highest BCUT2D eigenvalue weighted by Gasteiger charge is 2.44. The second-order valence-electron chi connectivity index (χ2n) is 5.40. The van der Waals surface area contributed by atoms with Crippen molar-refractivity contribution in [2.75, 3.05) is 0 Å². The predicted molar refractivity (Wildman–Crippen MR) is 66.4 cm³/mol. The summed E-state index contributed by atoms with van der Waals surface area (Å²) in [5.41, 5.74) is 0. The molecule has 16 heavy (non-hydrogen) atoms. The van der Waals surface area contributed by atoms with Crippen molar-refractivity contribution >= 4 is 21.8 Å². The van der Waals surface area contributed by atoms with Gasteiger partial charge >= 0.3 is 0 Å². The van der Waals surface area contributed by atoms with Crippen LogP contribution in [-0.4, -0.2) is 38.9 Å². The Morgan fingerprint density at radius 2 is 1.81 bits per heavy atom. The first kappa shape index (κ1) is 12.4. The van der Waals surface area contributed by atoms with Crippen LogP contribution in [0.3, 0.4) is 0 Å². The van der Waals surface area contributed by atoms with Gasteiger partial charge in [-0.05, 0) is 31.6 Å². The summed E-state index contributed by atoms with van der Waals surface area (Å²) in [4.78, 5) is 14.3. The van der Waals surface area contributed by atoms with E-state index in [1.807, 2.05) is 4.90 Å². The maximum atomic E-state index is 12.3. The number of aliphatic hydroxyl groups is 1. The highest BCUT2D eigenvalue weighted by Crippen LogP contribution is 2.37. The van der Waals surface area contributed by atoms with Gasteiger partial charge < -0.3 is 10.0 Å². The number of alkyl halides is 1. The summed E-state index contributed by atoms with van der Waals surface area (Å²) in [6, 6.07) is 0.556. The van der Waals surface area contributed by atoms with E-state index < -0.39 is 0 Å². The predicted octanol–water partition coefficient (Wildman–Crippen LogP) is 1.92. The van der Waals surface area contributed by atoms with Gasteiger partial charge in [0.1, 0.15) is 0 Å². The van der Waals surface area contributed by atoms with Gasteiger partial charge in [-0.2, -0.15) is 0 Å². The van der Waals surface area contributed by atoms with Gasteiger partial charge in [0.25, 0.3) is 0 Å². The number of piperidine rings is 1. The molecule has 2 aliphatic heterocycles. The average molecular weight is 290 g/mol. The Bertz CT molecular complexity index is 268. The molecule has 2 fully saturated rings. The summed E-state index contributed by atoms with van der Waals surface area (Å²) < 4.78 is 0. The minimum atomic E-state index is -0.200. The number of nitrogens with zero attached hydrogens (tertiary/aromatic N) is 1. The molecule has 1 N–H and O–H groups in total. The molecule has 0 spiro atoms. The Kier molecular flexibility index (Phi) is 3.59. The number of carbonyl (C=O) groups excluding carboxylic acids is 1. The van der Waals surface area contributed by atoms with Gasteiger partial charge in [0, 0.05) is 12.1 Å². The minimum absolute atomic E-state index is 0.0779. The van der Waals surface area contributed by atoms with Crippen molar-refractivity contribution in [1.29, 1.82) is 0 Å². The molecule has 3 atom stereocenters. The first-order valence-corrected chi connectivity index (χ1v) is 7.06. The summed E-state index contributed by atoms with van der Waals surface area (Å²) in [5, 5.41) is 9.69. The molecular weight excluding hydrogens is 270 g/mol. The van der Waals surface area contributed by atoms with Crippen LogP contribution in [0.5, 0.6) is 0 Å². The smallest absolute Gasteiger partial charge is 0.237 e. The lowest BCUT2D eigenvalue weighted by Gasteiger charge is -2.38. The molecule has 92 valence electrons. The zero-order chi connectivity index (χ0) is 11.9. The van der Waals surface area contributed by atoms with Gasteiger partial charge in [0.15, 0.2) is 0 Å². The maximum absolute atomic E-state index is 12.3. The van der Waals surface area contributed by atoms with E-state index >= 15 is 0 Å². The van der Waals surface area contributed by atoms with Gasteiger partial charge in [-0.15, -0.1) is 0 Å². The lowest BCUT2D eigenvalue weighted by atomic mass is 9.98. The fourth-order valence-electron chi connectivity index (χ4n) is 2.94. The molecule has 2 heterocycles. The Balaban J connectivity index is 2.08. The van der Waals surface area contributed by atoms with Crippen LogP contribution in [0.2, 0.25) is 0 Å². The Labute approximate surface area is 105 Å². The number of amides is 1. The van der Waals surface area contributed by atoms with E-state index in [1.165, 1.54) is 0 Å². The molecular formula is C12H20BrNO2. The second kappa shape index (κ2) is 4.65. The number of aliphatic hydroxyl groups excluding tert-OH is 1. The summed E-state index contributed by atoms with van der Waals surface area (Å²) >= 11 is 3.49. The quantitative estimate of drug-likeness (QED) is 0.789. The molecule has 0 aromatic rings. The fourth-order valence-corrected chi connectivity index (χ4v) is 3.17. The molecule has 1 amide bonds. The highest BCUT2D eigenvalue weighted by molar-refractivity contribution is 9.10. The molecule has 0 aromatic heterocycles. The van der Waals surface area contributed by atoms with Gasteiger partial charge in [-0.1, -0.05) is 29.8 Å². The van der Waals surface area contributed by atoms with E-state index in [2.05, 4.69) is 29.8 Å². The van der Waals surface area contributed by atoms with Crippen molar-refractivity contribution in [1.82, 2.24) is 4.90 Å². The van der Waals surface area contributed by atoms with Gasteiger partial charge in [0.2, 0.25) is 5.91 Å². The van der Waals surface area contributed by atoms with Gasteiger partial charge in [-0.25, -0.2) is 0 Å². The third-order valence-electron chi connectivity index (χ3n) is 3.78. The number of halogens is 1. The molecule has 0 radical (unpaired) electrons. The second-order valence-corrected chi connectivity index (χ2v) is 6.39. The van der Waals surface area contributed by atoms with Crippen LogP contribution in [-0.2, 0) is 4.79 Å². The summed E-state index contributed by atoms with van der Waals surface area (Å²) in [5.74, 6) is 0.535. The Morgan fingerprint density at radius 3 is 2.25 bits per heavy atom. The van der Waals surface area contributed by atoms with Crippen molar-refractivity contribution in [3.05, 3.63) is 0 Å². The molecule has 2 aliphatic rings. The standard InChI is InChI=1S/C12H20BrNO2/c1-7(2)11(13)12(16)14-8-3-4-9(14)6-10(15)5-8/h7-11,15H,3-6H2,1-2H3. The van der Waals surface area contributed by atoms with Crippen molar-refractivity contribution in [2.24, 2.45) is 5.92 Å². The first-order chi connectivity index (χ1) is 7.50. The lowest BCUT2D eigenvalue weighted by Crippen LogP contribution is -2.51. The number of carbonyl (C=O) groups is 1. The van der Waals surface area contributed by atoms with Crippen LogP contribution in [0.1, 0.15) is 39.5 Å². The molecule has 2 bridgehead atoms. The van der Waals surface area contributed by atoms with Gasteiger partial charge in [0.05, 0.1) is 10.9 Å². The monoisotopic (exact) mass is 289 g/mol. The topological polar surface area (TPSA) is 40.5 Å². The first-order valence-electron chi connectivity index (χ1n) is 6.15. The van der Waals surface area contributed by atoms with Crippen molar-refractivity contribution in [2.45, 2.75) is 62.5 Å². The van der Waals surface area contributed by atoms with Gasteiger partial charge in [-0.3, -0.25) is 4.79 Å². The summed E-state index contributed by atoms with van der Waals surface area (Å²) in [6.45, 7) is 4.11. The molecule has 4 heteroatoms. The van der Waals surface area contributed by atoms with Crippen molar-refractivity contribution in [3.63, 3.8) is 0 Å². The normalized spacial score (nSPS) is 35.6. The zero-order valence-corrected chi connectivity index (χ0v) is 11.5. The Hall–Kier alpha value is -0.0900. The SMILES string of the molecule is CC(C)C(Br)C(=O)N1C2CCC1CC(O)C2. The van der Waals surface area contributed by atoms with E-state index in [0.717, 1.165) is 25.7 Å². The number of hydrogen-bond acceptors (Lipinski definition) is 2. The molecule has 3 unspecified atom stereocenters. The minimum Gasteiger partial charge on any atom is -0.393 e. The number of fused-ring (bicyclic) bond motifs is 2. The zero-order valence-electron chi connectivity index (χ0n) is 9.90. The van der Waals surface area contributed by atoms with E-state index in [9.17, 15) is 9.90 Å². The fraction of sp³-hybridized carbons (Fsp3) is 0.917. The van der Waals surface area contributed by atoms with E-state index in [-0.39, 0.29) is 28.9 Å². The van der Waals surface area contributed by atoms with Crippen LogP contribution < -0.4 is 0 Å². The largest absolute Gasteiger partial charge is 0.393 e. The average Bonchev–Trinajstić information content (AvgIpc) is 2.49. The van der Waals surface area contributed by atoms with Crippen molar-refractivity contribution in [3.8, 4) is 0 Å². The molecule has 0 aliphatic carbocycles. The summed E-state index contributed by atoms with van der Waals surface area (Å²) in [7, 11) is 0. The van der Waals surface area contributed by atoms with Crippen LogP contribution >= 0.6 is 15.9 Å². The molecule has 2 rings (SSSR count). The third kappa shape index (κ3) is 2.14. The molecule has 3 nitrogen and oxygen atoms in total. The molecule has 0 saturated carbocycles. The van der Waals surface area contributed by atoms with E-state index in [1.54, 1.807) is 0 Å². The highest BCUT2D eigenvalue weighted by atomic mass is 79.9. The number of hydrogen-bond donors (Lipinski definition) is 1. The van der Waals surface area contributed by atoms with Crippen molar-refractivity contribution < 1.29 is 9.90 Å². The van der Waals surface area contributed by atoms with Crippen LogP contribution in [0.15, 0.2) is 0 Å². The molecule has 0 aromatic carbocycles. The van der Waals surface area contributed by atoms with E-state index in [0.29, 0.717) is 5.92 Å². The Morgan fingerprint density at radius 1 is 1.31 bits per heavy atom. The lowest BCUT2D eigenvalue weighted by molar-refractivity contribution is -0.137. The van der Waals surface area contributed by atoms with E-state index in [4.69, 9.17) is 0 Å².